The van der Waals surface area contributed by atoms with E-state index in [9.17, 15) is 4.79 Å². The first-order valence-corrected chi connectivity index (χ1v) is 9.12. The topological polar surface area (TPSA) is 71.0 Å². The molecule has 1 amide bonds. The number of aryl methyl sites for hydroxylation is 1. The number of nitrogens with zero attached hydrogens (tertiary/aromatic N) is 2. The van der Waals surface area contributed by atoms with E-state index in [2.05, 4.69) is 45.3 Å². The summed E-state index contributed by atoms with van der Waals surface area (Å²) in [6.45, 7) is 1.46. The lowest BCUT2D eigenvalue weighted by Crippen LogP contribution is -2.44. The molecule has 1 unspecified atom stereocenters. The van der Waals surface area contributed by atoms with Gasteiger partial charge in [0.05, 0.1) is 0 Å². The van der Waals surface area contributed by atoms with E-state index in [0.717, 1.165) is 24.5 Å². The summed E-state index contributed by atoms with van der Waals surface area (Å²) in [4.78, 5) is 12.4. The maximum absolute atomic E-state index is 12.4. The Morgan fingerprint density at radius 1 is 1.15 bits per heavy atom. The summed E-state index contributed by atoms with van der Waals surface area (Å²) in [5.74, 6) is 0.721. The maximum Gasteiger partial charge on any atom is 0.251 e. The number of hydrogen-bond acceptors (Lipinski definition) is 4. The number of aromatic nitrogens is 2. The Labute approximate surface area is 158 Å². The van der Waals surface area contributed by atoms with E-state index < -0.39 is 0 Å². The summed E-state index contributed by atoms with van der Waals surface area (Å²) < 4.78 is 1.74. The van der Waals surface area contributed by atoms with Crippen molar-refractivity contribution in [1.82, 2.24) is 20.4 Å². The molecule has 6 heteroatoms. The van der Waals surface area contributed by atoms with E-state index in [4.69, 9.17) is 0 Å². The summed E-state index contributed by atoms with van der Waals surface area (Å²) in [5.41, 5.74) is 4.25. The zero-order valence-corrected chi connectivity index (χ0v) is 15.3. The normalized spacial score (nSPS) is 15.8. The number of amides is 1. The minimum atomic E-state index is -0.0555. The third-order valence-electron chi connectivity index (χ3n) is 4.81. The Balaban J connectivity index is 1.31. The lowest BCUT2D eigenvalue weighted by atomic mass is 9.96. The third kappa shape index (κ3) is 4.17. The fourth-order valence-electron chi connectivity index (χ4n) is 3.32. The predicted molar refractivity (Wildman–Crippen MR) is 106 cm³/mol. The molecule has 1 aliphatic rings. The number of carbonyl (C=O) groups is 1. The van der Waals surface area contributed by atoms with Crippen LogP contribution in [0.2, 0.25) is 0 Å². The van der Waals surface area contributed by atoms with Gasteiger partial charge in [0.25, 0.3) is 5.91 Å². The summed E-state index contributed by atoms with van der Waals surface area (Å²) in [7, 11) is 1.87. The molecule has 6 nitrogen and oxygen atoms in total. The molecular weight excluding hydrogens is 338 g/mol. The molecule has 2 heterocycles. The van der Waals surface area contributed by atoms with Crippen molar-refractivity contribution in [2.45, 2.75) is 19.0 Å². The van der Waals surface area contributed by atoms with E-state index in [1.807, 2.05) is 43.6 Å². The highest BCUT2D eigenvalue weighted by atomic mass is 16.1. The average molecular weight is 361 g/mol. The summed E-state index contributed by atoms with van der Waals surface area (Å²) in [6, 6.07) is 18.0. The molecule has 3 aromatic rings. The van der Waals surface area contributed by atoms with Gasteiger partial charge in [-0.1, -0.05) is 24.3 Å². The average Bonchev–Trinajstić information content (AvgIpc) is 3.11. The molecular formula is C21H23N5O. The fourth-order valence-corrected chi connectivity index (χ4v) is 3.32. The molecule has 1 aromatic heterocycles. The SMILES string of the molecule is Cn1ccc(Nc2ccc(C(=O)NCC3Cc4ccccc4CN3)cc2)n1. The zero-order valence-electron chi connectivity index (χ0n) is 15.3. The van der Waals surface area contributed by atoms with Crippen molar-refractivity contribution in [3.63, 3.8) is 0 Å². The molecule has 0 saturated carbocycles. The van der Waals surface area contributed by atoms with Gasteiger partial charge in [-0.15, -0.1) is 0 Å². The van der Waals surface area contributed by atoms with E-state index in [1.165, 1.54) is 11.1 Å². The largest absolute Gasteiger partial charge is 0.350 e. The van der Waals surface area contributed by atoms with Crippen LogP contribution in [0.5, 0.6) is 0 Å². The molecule has 0 saturated heterocycles. The Bertz CT molecular complexity index is 932. The van der Waals surface area contributed by atoms with Crippen LogP contribution in [0.25, 0.3) is 0 Å². The minimum Gasteiger partial charge on any atom is -0.350 e. The number of anilines is 2. The molecule has 4 rings (SSSR count). The zero-order chi connectivity index (χ0) is 18.6. The monoisotopic (exact) mass is 361 g/mol. The van der Waals surface area contributed by atoms with Gasteiger partial charge in [0.1, 0.15) is 0 Å². The smallest absolute Gasteiger partial charge is 0.251 e. The second kappa shape index (κ2) is 7.63. The van der Waals surface area contributed by atoms with Crippen molar-refractivity contribution >= 4 is 17.4 Å². The van der Waals surface area contributed by atoms with Crippen molar-refractivity contribution in [3.8, 4) is 0 Å². The van der Waals surface area contributed by atoms with Gasteiger partial charge in [-0.3, -0.25) is 9.48 Å². The number of fused-ring (bicyclic) bond motifs is 1. The lowest BCUT2D eigenvalue weighted by Gasteiger charge is -2.26. The van der Waals surface area contributed by atoms with Crippen LogP contribution in [-0.2, 0) is 20.0 Å². The van der Waals surface area contributed by atoms with Gasteiger partial charge < -0.3 is 16.0 Å². The predicted octanol–water partition coefficient (Wildman–Crippen LogP) is 2.61. The molecule has 138 valence electrons. The van der Waals surface area contributed by atoms with Crippen molar-refractivity contribution < 1.29 is 4.79 Å². The molecule has 0 bridgehead atoms. The highest BCUT2D eigenvalue weighted by Gasteiger charge is 2.18. The third-order valence-corrected chi connectivity index (χ3v) is 4.81. The summed E-state index contributed by atoms with van der Waals surface area (Å²) in [6.07, 6.45) is 2.81. The lowest BCUT2D eigenvalue weighted by molar-refractivity contribution is 0.0949. The van der Waals surface area contributed by atoms with Gasteiger partial charge >= 0.3 is 0 Å². The Morgan fingerprint density at radius 2 is 1.93 bits per heavy atom. The van der Waals surface area contributed by atoms with E-state index >= 15 is 0 Å². The molecule has 3 N–H and O–H groups in total. The van der Waals surface area contributed by atoms with Crippen molar-refractivity contribution in [2.24, 2.45) is 7.05 Å². The van der Waals surface area contributed by atoms with Gasteiger partial charge in [0.15, 0.2) is 5.82 Å². The van der Waals surface area contributed by atoms with Crippen LogP contribution in [-0.4, -0.2) is 28.3 Å². The number of hydrogen-bond donors (Lipinski definition) is 3. The molecule has 0 aliphatic carbocycles. The van der Waals surface area contributed by atoms with Crippen LogP contribution >= 0.6 is 0 Å². The van der Waals surface area contributed by atoms with Gasteiger partial charge in [-0.2, -0.15) is 5.10 Å². The standard InChI is InChI=1S/C21H23N5O/c1-26-11-10-20(25-26)24-18-8-6-15(7-9-18)21(27)23-14-19-12-16-4-2-3-5-17(16)13-22-19/h2-11,19,22H,12-14H2,1H3,(H,23,27)(H,24,25). The van der Waals surface area contributed by atoms with Gasteiger partial charge in [0, 0.05) is 49.7 Å². The number of nitrogens with one attached hydrogen (secondary N) is 3. The molecule has 0 fully saturated rings. The van der Waals surface area contributed by atoms with E-state index in [-0.39, 0.29) is 11.9 Å². The minimum absolute atomic E-state index is 0.0555. The van der Waals surface area contributed by atoms with Gasteiger partial charge in [-0.25, -0.2) is 0 Å². The second-order valence-corrected chi connectivity index (χ2v) is 6.84. The van der Waals surface area contributed by atoms with Crippen LogP contribution in [0.4, 0.5) is 11.5 Å². The molecule has 27 heavy (non-hydrogen) atoms. The van der Waals surface area contributed by atoms with Gasteiger partial charge in [-0.05, 0) is 41.8 Å². The van der Waals surface area contributed by atoms with Crippen LogP contribution in [0.1, 0.15) is 21.5 Å². The highest BCUT2D eigenvalue weighted by Crippen LogP contribution is 2.17. The van der Waals surface area contributed by atoms with Crippen molar-refractivity contribution in [1.29, 1.82) is 0 Å². The fraction of sp³-hybridized carbons (Fsp3) is 0.238. The Morgan fingerprint density at radius 3 is 2.67 bits per heavy atom. The molecule has 0 radical (unpaired) electrons. The highest BCUT2D eigenvalue weighted by molar-refractivity contribution is 5.94. The van der Waals surface area contributed by atoms with Crippen LogP contribution < -0.4 is 16.0 Å². The van der Waals surface area contributed by atoms with Crippen LogP contribution in [0.3, 0.4) is 0 Å². The summed E-state index contributed by atoms with van der Waals surface area (Å²) >= 11 is 0. The first kappa shape index (κ1) is 17.3. The van der Waals surface area contributed by atoms with Crippen molar-refractivity contribution in [3.05, 3.63) is 77.5 Å². The maximum atomic E-state index is 12.4. The molecule has 1 aliphatic heterocycles. The second-order valence-electron chi connectivity index (χ2n) is 6.84. The van der Waals surface area contributed by atoms with E-state index in [1.54, 1.807) is 4.68 Å². The van der Waals surface area contributed by atoms with Gasteiger partial charge in [0.2, 0.25) is 0 Å². The quantitative estimate of drug-likeness (QED) is 0.653. The number of rotatable bonds is 5. The van der Waals surface area contributed by atoms with Crippen LogP contribution in [0.15, 0.2) is 60.8 Å². The number of benzene rings is 2. The van der Waals surface area contributed by atoms with Crippen LogP contribution in [0, 0.1) is 0 Å². The molecule has 2 aromatic carbocycles. The molecule has 0 spiro atoms. The number of carbonyl (C=O) groups excluding carboxylic acids is 1. The Hall–Kier alpha value is -3.12. The first-order chi connectivity index (χ1) is 13.2. The summed E-state index contributed by atoms with van der Waals surface area (Å²) in [5, 5.41) is 14.0. The first-order valence-electron chi connectivity index (χ1n) is 9.12. The van der Waals surface area contributed by atoms with Crippen molar-refractivity contribution in [2.75, 3.05) is 11.9 Å². The Kier molecular flexibility index (Phi) is 4.89. The molecule has 1 atom stereocenters. The van der Waals surface area contributed by atoms with E-state index in [0.29, 0.717) is 12.1 Å².